The van der Waals surface area contributed by atoms with Crippen molar-refractivity contribution in [3.05, 3.63) is 76.2 Å². The third kappa shape index (κ3) is 14.9. The van der Waals surface area contributed by atoms with Crippen LogP contribution in [0.2, 0.25) is 0 Å². The van der Waals surface area contributed by atoms with Crippen LogP contribution in [0.4, 0.5) is 9.18 Å². The van der Waals surface area contributed by atoms with Crippen LogP contribution in [0.1, 0.15) is 122 Å². The molecule has 4 rings (SSSR count). The summed E-state index contributed by atoms with van der Waals surface area (Å²) in [5, 5.41) is 19.3. The number of alkyl carbamates (subject to hydrolysis) is 1. The van der Waals surface area contributed by atoms with Crippen molar-refractivity contribution in [3.63, 3.8) is 0 Å². The van der Waals surface area contributed by atoms with Crippen LogP contribution in [0.25, 0.3) is 10.4 Å². The van der Waals surface area contributed by atoms with Crippen molar-refractivity contribution in [3.8, 4) is 10.4 Å². The average molecular weight is 881 g/mol. The van der Waals surface area contributed by atoms with Crippen molar-refractivity contribution in [2.24, 2.45) is 11.1 Å². The highest BCUT2D eigenvalue weighted by atomic mass is 32.1. The lowest BCUT2D eigenvalue weighted by Gasteiger charge is -2.35. The van der Waals surface area contributed by atoms with E-state index in [0.29, 0.717) is 30.4 Å². The Kier molecular flexibility index (Phi) is 17.6. The van der Waals surface area contributed by atoms with E-state index in [1.165, 1.54) is 11.0 Å². The number of ether oxygens (including phenoxy) is 2. The molecule has 0 aliphatic carbocycles. The van der Waals surface area contributed by atoms with Gasteiger partial charge in [-0.05, 0) is 101 Å². The van der Waals surface area contributed by atoms with Crippen LogP contribution in [0.3, 0.4) is 0 Å². The third-order valence-electron chi connectivity index (χ3n) is 10.8. The standard InChI is InChI=1S/C46H65FN6O8S/c1-27(31-16-18-33(19-17-31)40-28(2)49-26-62-40)50-42(57)37-23-34(54)24-53(37)43(58)41(45(4,5)6)52-39(56)13-11-10-12-32-15-14-30(22-35(32)47)25-60-29(3)36(20-21-38(48)55)51-44(59)61-46(7,8)9/h14-19,22,26-27,29,34,36-37,41,54H,10-13,20-21,23-25H2,1-9H3,(H2,48,55)(H,50,57)(H,51,59)(H,52,56)/t27-,29+,34+,36-,37-,41+/m0/s1. The average Bonchev–Trinajstić information content (AvgIpc) is 3.80. The molecule has 0 bridgehead atoms. The Labute approximate surface area is 368 Å². The highest BCUT2D eigenvalue weighted by molar-refractivity contribution is 7.13. The Morgan fingerprint density at radius 1 is 0.984 bits per heavy atom. The number of aliphatic hydroxyl groups excluding tert-OH is 1. The van der Waals surface area contributed by atoms with Gasteiger partial charge in [0.25, 0.3) is 0 Å². The number of hydrogen-bond donors (Lipinski definition) is 5. The predicted octanol–water partition coefficient (Wildman–Crippen LogP) is 6.40. The lowest BCUT2D eigenvalue weighted by Crippen LogP contribution is -2.57. The number of nitrogens with zero attached hydrogens (tertiary/aromatic N) is 2. The van der Waals surface area contributed by atoms with Gasteiger partial charge in [0, 0.05) is 25.8 Å². The van der Waals surface area contributed by atoms with E-state index >= 15 is 4.39 Å². The van der Waals surface area contributed by atoms with E-state index in [0.717, 1.165) is 21.7 Å². The van der Waals surface area contributed by atoms with Crippen molar-refractivity contribution in [2.45, 2.75) is 156 Å². The van der Waals surface area contributed by atoms with Gasteiger partial charge in [0.05, 0.1) is 47.0 Å². The fraction of sp³-hybridized carbons (Fsp3) is 0.565. The first kappa shape index (κ1) is 49.7. The number of nitrogens with two attached hydrogens (primary N) is 1. The zero-order valence-corrected chi connectivity index (χ0v) is 38.3. The number of primary amides is 1. The highest BCUT2D eigenvalue weighted by Gasteiger charge is 2.44. The molecule has 1 fully saturated rings. The van der Waals surface area contributed by atoms with Crippen molar-refractivity contribution in [2.75, 3.05) is 6.54 Å². The van der Waals surface area contributed by atoms with E-state index in [1.54, 1.807) is 56.7 Å². The SMILES string of the molecule is Cc1ncsc1-c1ccc([C@H](C)NC(=O)[C@@H]2C[C@@H](O)CN2C(=O)[C@@H](NC(=O)CCCCc2ccc(CO[C@H](C)[C@H](CCC(N)=O)NC(=O)OC(C)(C)C)cc2F)C(C)(C)C)cc1. The van der Waals surface area contributed by atoms with Crippen molar-refractivity contribution in [1.29, 1.82) is 0 Å². The monoisotopic (exact) mass is 880 g/mol. The molecule has 62 heavy (non-hydrogen) atoms. The van der Waals surface area contributed by atoms with Crippen molar-refractivity contribution < 1.29 is 42.9 Å². The summed E-state index contributed by atoms with van der Waals surface area (Å²) in [7, 11) is 0. The van der Waals surface area contributed by atoms with Crippen LogP contribution in [0, 0.1) is 18.2 Å². The second-order valence-corrected chi connectivity index (χ2v) is 19.1. The van der Waals surface area contributed by atoms with Gasteiger partial charge in [-0.1, -0.05) is 57.2 Å². The number of likely N-dealkylation sites (tertiary alicyclic amines) is 1. The molecule has 6 N–H and O–H groups in total. The first-order chi connectivity index (χ1) is 29.0. The van der Waals surface area contributed by atoms with Crippen molar-refractivity contribution >= 4 is 41.1 Å². The number of hydrogen-bond acceptors (Lipinski definition) is 10. The summed E-state index contributed by atoms with van der Waals surface area (Å²) < 4.78 is 26.5. The number of aryl methyl sites for hydroxylation is 2. The lowest BCUT2D eigenvalue weighted by atomic mass is 9.85. The number of thiazole rings is 1. The van der Waals surface area contributed by atoms with Gasteiger partial charge in [-0.25, -0.2) is 14.2 Å². The van der Waals surface area contributed by atoms with Crippen LogP contribution in [0.5, 0.6) is 0 Å². The molecule has 14 nitrogen and oxygen atoms in total. The van der Waals surface area contributed by atoms with Gasteiger partial charge < -0.3 is 41.2 Å². The minimum absolute atomic E-state index is 0.0325. The number of carbonyl (C=O) groups excluding carboxylic acids is 5. The number of rotatable bonds is 19. The molecule has 0 unspecified atom stereocenters. The number of carbonyl (C=O) groups is 5. The highest BCUT2D eigenvalue weighted by Crippen LogP contribution is 2.30. The number of halogens is 1. The maximum absolute atomic E-state index is 15.2. The minimum atomic E-state index is -0.961. The largest absolute Gasteiger partial charge is 0.444 e. The maximum Gasteiger partial charge on any atom is 0.407 e. The summed E-state index contributed by atoms with van der Waals surface area (Å²) in [4.78, 5) is 71.6. The Bertz CT molecular complexity index is 2010. The van der Waals surface area contributed by atoms with Gasteiger partial charge in [0.15, 0.2) is 0 Å². The summed E-state index contributed by atoms with van der Waals surface area (Å²) >= 11 is 1.56. The minimum Gasteiger partial charge on any atom is -0.444 e. The normalized spacial score (nSPS) is 17.4. The molecule has 5 amide bonds. The predicted molar refractivity (Wildman–Crippen MR) is 236 cm³/mol. The Morgan fingerprint density at radius 3 is 2.27 bits per heavy atom. The summed E-state index contributed by atoms with van der Waals surface area (Å²) in [5.74, 6) is -2.11. The van der Waals surface area contributed by atoms with Crippen LogP contribution < -0.4 is 21.7 Å². The van der Waals surface area contributed by atoms with Crippen molar-refractivity contribution in [1.82, 2.24) is 25.8 Å². The number of aliphatic hydroxyl groups is 1. The van der Waals surface area contributed by atoms with Gasteiger partial charge in [-0.2, -0.15) is 0 Å². The third-order valence-corrected chi connectivity index (χ3v) is 11.7. The summed E-state index contributed by atoms with van der Waals surface area (Å²) in [5.41, 5.74) is 9.64. The number of unbranched alkanes of at least 4 members (excludes halogenated alkanes) is 1. The molecule has 2 heterocycles. The summed E-state index contributed by atoms with van der Waals surface area (Å²) in [6, 6.07) is 9.89. The molecule has 1 saturated heterocycles. The van der Waals surface area contributed by atoms with E-state index in [2.05, 4.69) is 20.9 Å². The van der Waals surface area contributed by atoms with Gasteiger partial charge in [-0.15, -0.1) is 11.3 Å². The van der Waals surface area contributed by atoms with Gasteiger partial charge in [-0.3, -0.25) is 19.2 Å². The van der Waals surface area contributed by atoms with E-state index in [-0.39, 0.29) is 56.7 Å². The van der Waals surface area contributed by atoms with E-state index in [9.17, 15) is 29.1 Å². The molecule has 1 aliphatic heterocycles. The van der Waals surface area contributed by atoms with Gasteiger partial charge >= 0.3 is 6.09 Å². The maximum atomic E-state index is 15.2. The molecule has 16 heteroatoms. The van der Waals surface area contributed by atoms with E-state index in [4.69, 9.17) is 15.2 Å². The number of aromatic nitrogens is 1. The molecular formula is C46H65FN6O8S. The molecule has 3 aromatic rings. The lowest BCUT2D eigenvalue weighted by molar-refractivity contribution is -0.144. The molecular weight excluding hydrogens is 816 g/mol. The molecule has 0 radical (unpaired) electrons. The summed E-state index contributed by atoms with van der Waals surface area (Å²) in [6.07, 6.45) is -0.316. The van der Waals surface area contributed by atoms with Crippen LogP contribution in [0.15, 0.2) is 48.0 Å². The van der Waals surface area contributed by atoms with Crippen LogP contribution in [-0.2, 0) is 41.7 Å². The quantitative estimate of drug-likeness (QED) is 0.0845. The second kappa shape index (κ2) is 21.9. The van der Waals surface area contributed by atoms with Crippen LogP contribution in [-0.4, -0.2) is 87.2 Å². The fourth-order valence-electron chi connectivity index (χ4n) is 7.26. The Morgan fingerprint density at radius 2 is 1.68 bits per heavy atom. The first-order valence-electron chi connectivity index (χ1n) is 21.3. The van der Waals surface area contributed by atoms with Gasteiger partial charge in [0.2, 0.25) is 23.6 Å². The molecule has 1 aromatic heterocycles. The molecule has 2 aromatic carbocycles. The molecule has 6 atom stereocenters. The smallest absolute Gasteiger partial charge is 0.407 e. The topological polar surface area (TPSA) is 202 Å². The first-order valence-corrected chi connectivity index (χ1v) is 22.2. The number of amides is 5. The van der Waals surface area contributed by atoms with E-state index in [1.807, 2.05) is 58.9 Å². The Hall–Kier alpha value is -4.93. The van der Waals surface area contributed by atoms with E-state index < -0.39 is 65.1 Å². The number of benzene rings is 2. The molecule has 340 valence electrons. The number of β-amino-alcohol motifs (C(OH)–C–C–N with tert-alkyl or cyclic N) is 1. The molecule has 0 spiro atoms. The summed E-state index contributed by atoms with van der Waals surface area (Å²) in [6.45, 7) is 16.3. The van der Waals surface area contributed by atoms with Gasteiger partial charge in [0.1, 0.15) is 23.5 Å². The second-order valence-electron chi connectivity index (χ2n) is 18.3. The fourth-order valence-corrected chi connectivity index (χ4v) is 8.07. The molecule has 0 saturated carbocycles. The molecule has 1 aliphatic rings. The zero-order valence-electron chi connectivity index (χ0n) is 37.5. The number of nitrogens with one attached hydrogen (secondary N) is 3. The zero-order chi connectivity index (χ0) is 45.9. The van der Waals surface area contributed by atoms with Crippen LogP contribution >= 0.6 is 11.3 Å². The Balaban J connectivity index is 1.27.